The van der Waals surface area contributed by atoms with Gasteiger partial charge in [-0.25, -0.2) is 4.98 Å². The summed E-state index contributed by atoms with van der Waals surface area (Å²) < 4.78 is 6.00. The number of halogens is 1. The number of aromatic nitrogens is 1. The zero-order valence-electron chi connectivity index (χ0n) is 14.8. The summed E-state index contributed by atoms with van der Waals surface area (Å²) in [6.07, 6.45) is 3.19. The molecule has 8 heteroatoms. The number of benzene rings is 2. The van der Waals surface area contributed by atoms with Crippen molar-refractivity contribution in [2.24, 2.45) is 0 Å². The van der Waals surface area contributed by atoms with Gasteiger partial charge in [0.1, 0.15) is 11.4 Å². The van der Waals surface area contributed by atoms with E-state index < -0.39 is 5.91 Å². The molecule has 0 unspecified atom stereocenters. The third-order valence-corrected chi connectivity index (χ3v) is 4.90. The van der Waals surface area contributed by atoms with Crippen LogP contribution in [0.5, 0.6) is 5.75 Å². The number of nitrogens with zero attached hydrogens (tertiary/aromatic N) is 1. The predicted molar refractivity (Wildman–Crippen MR) is 113 cm³/mol. The number of rotatable bonds is 6. The van der Waals surface area contributed by atoms with Crippen molar-refractivity contribution in [2.45, 2.75) is 0 Å². The van der Waals surface area contributed by atoms with Gasteiger partial charge in [0, 0.05) is 21.6 Å². The van der Waals surface area contributed by atoms with Gasteiger partial charge in [0.25, 0.3) is 11.8 Å². The summed E-state index contributed by atoms with van der Waals surface area (Å²) >= 11 is 4.63. The lowest BCUT2D eigenvalue weighted by Gasteiger charge is -2.10. The summed E-state index contributed by atoms with van der Waals surface area (Å²) in [5, 5.41) is 7.57. The van der Waals surface area contributed by atoms with Crippen molar-refractivity contribution in [1.29, 1.82) is 0 Å². The molecule has 0 atom stereocenters. The summed E-state index contributed by atoms with van der Waals surface area (Å²) in [5.74, 6) is -0.150. The van der Waals surface area contributed by atoms with E-state index in [-0.39, 0.29) is 11.6 Å². The van der Waals surface area contributed by atoms with Gasteiger partial charge >= 0.3 is 0 Å². The number of carbonyl (C=O) groups is 2. The van der Waals surface area contributed by atoms with Crippen LogP contribution in [0.1, 0.15) is 15.9 Å². The van der Waals surface area contributed by atoms with Gasteiger partial charge in [-0.3, -0.25) is 14.9 Å². The number of ether oxygens (including phenoxy) is 1. The number of carbonyl (C=O) groups excluding carboxylic acids is 2. The third-order valence-electron chi connectivity index (χ3n) is 3.68. The highest BCUT2D eigenvalue weighted by atomic mass is 79.9. The van der Waals surface area contributed by atoms with Gasteiger partial charge in [-0.2, -0.15) is 0 Å². The zero-order chi connectivity index (χ0) is 19.9. The van der Waals surface area contributed by atoms with Gasteiger partial charge < -0.3 is 10.1 Å². The Bertz CT molecular complexity index is 985. The number of methoxy groups -OCH3 is 1. The van der Waals surface area contributed by atoms with Crippen LogP contribution in [0.15, 0.2) is 70.3 Å². The lowest BCUT2D eigenvalue weighted by molar-refractivity contribution is -0.113. The van der Waals surface area contributed by atoms with Crippen molar-refractivity contribution >= 4 is 50.3 Å². The molecule has 28 heavy (non-hydrogen) atoms. The molecule has 0 fully saturated rings. The van der Waals surface area contributed by atoms with Gasteiger partial charge in [0.05, 0.1) is 7.11 Å². The number of hydrogen-bond acceptors (Lipinski definition) is 5. The molecule has 3 aromatic rings. The Morgan fingerprint density at radius 1 is 1.11 bits per heavy atom. The fraction of sp³-hybridized carbons (Fsp3) is 0.0500. The van der Waals surface area contributed by atoms with Gasteiger partial charge in [-0.05, 0) is 48.0 Å². The molecule has 142 valence electrons. The first-order chi connectivity index (χ1) is 13.5. The van der Waals surface area contributed by atoms with Crippen molar-refractivity contribution in [1.82, 2.24) is 10.3 Å². The Morgan fingerprint density at radius 2 is 1.82 bits per heavy atom. The molecule has 2 N–H and O–H groups in total. The van der Waals surface area contributed by atoms with Crippen molar-refractivity contribution < 1.29 is 14.3 Å². The second kappa shape index (κ2) is 9.29. The average Bonchev–Trinajstić information content (AvgIpc) is 3.21. The highest BCUT2D eigenvalue weighted by molar-refractivity contribution is 9.10. The molecule has 0 aliphatic rings. The van der Waals surface area contributed by atoms with Crippen LogP contribution in [0.2, 0.25) is 0 Å². The zero-order valence-corrected chi connectivity index (χ0v) is 17.2. The third kappa shape index (κ3) is 5.28. The second-order valence-corrected chi connectivity index (χ2v) is 7.39. The molecular formula is C20H16BrN3O3S. The van der Waals surface area contributed by atoms with E-state index in [4.69, 9.17) is 4.74 Å². The number of hydrogen-bond donors (Lipinski definition) is 2. The predicted octanol–water partition coefficient (Wildman–Crippen LogP) is 4.32. The minimum absolute atomic E-state index is 0.105. The molecule has 2 amide bonds. The maximum absolute atomic E-state index is 12.7. The fourth-order valence-electron chi connectivity index (χ4n) is 2.27. The van der Waals surface area contributed by atoms with Crippen molar-refractivity contribution in [3.63, 3.8) is 0 Å². The van der Waals surface area contributed by atoms with Crippen LogP contribution in [-0.4, -0.2) is 23.9 Å². The first-order valence-electron chi connectivity index (χ1n) is 8.18. The standard InChI is InChI=1S/C20H16BrN3O3S/c1-27-16-8-2-13(3-9-16)12-17(19(26)24-20-22-10-11-28-20)23-18(25)14-4-6-15(21)7-5-14/h2-12H,1H3,(H,23,25)(H,22,24,26)/b17-12-. The molecule has 2 aromatic carbocycles. The largest absolute Gasteiger partial charge is 0.497 e. The smallest absolute Gasteiger partial charge is 0.273 e. The Hall–Kier alpha value is -2.97. The van der Waals surface area contributed by atoms with E-state index in [1.165, 1.54) is 11.3 Å². The van der Waals surface area contributed by atoms with E-state index >= 15 is 0 Å². The maximum atomic E-state index is 12.7. The number of thiazole rings is 1. The Balaban J connectivity index is 1.86. The molecule has 1 heterocycles. The van der Waals surface area contributed by atoms with Gasteiger partial charge in [-0.1, -0.05) is 28.1 Å². The highest BCUT2D eigenvalue weighted by Crippen LogP contribution is 2.16. The minimum Gasteiger partial charge on any atom is -0.497 e. The average molecular weight is 458 g/mol. The molecule has 0 saturated carbocycles. The van der Waals surface area contributed by atoms with Crippen LogP contribution >= 0.6 is 27.3 Å². The highest BCUT2D eigenvalue weighted by Gasteiger charge is 2.16. The Labute approximate surface area is 174 Å². The van der Waals surface area contributed by atoms with E-state index in [1.807, 2.05) is 0 Å². The van der Waals surface area contributed by atoms with Crippen LogP contribution in [0.25, 0.3) is 6.08 Å². The molecule has 6 nitrogen and oxygen atoms in total. The van der Waals surface area contributed by atoms with E-state index in [2.05, 4.69) is 31.5 Å². The maximum Gasteiger partial charge on any atom is 0.273 e. The molecule has 0 aliphatic heterocycles. The fourth-order valence-corrected chi connectivity index (χ4v) is 3.06. The van der Waals surface area contributed by atoms with Gasteiger partial charge in [-0.15, -0.1) is 11.3 Å². The van der Waals surface area contributed by atoms with Gasteiger partial charge in [0.15, 0.2) is 5.13 Å². The Kier molecular flexibility index (Phi) is 6.57. The molecule has 0 spiro atoms. The van der Waals surface area contributed by atoms with Crippen LogP contribution in [0, 0.1) is 0 Å². The minimum atomic E-state index is -0.462. The summed E-state index contributed by atoms with van der Waals surface area (Å²) in [7, 11) is 1.58. The van der Waals surface area contributed by atoms with Gasteiger partial charge in [0.2, 0.25) is 0 Å². The molecule has 0 aliphatic carbocycles. The van der Waals surface area contributed by atoms with Crippen LogP contribution in [0.4, 0.5) is 5.13 Å². The second-order valence-electron chi connectivity index (χ2n) is 5.58. The molecular weight excluding hydrogens is 442 g/mol. The molecule has 0 saturated heterocycles. The van der Waals surface area contributed by atoms with Crippen LogP contribution in [0.3, 0.4) is 0 Å². The number of nitrogens with one attached hydrogen (secondary N) is 2. The SMILES string of the molecule is COc1ccc(/C=C(\NC(=O)c2ccc(Br)cc2)C(=O)Nc2nccs2)cc1. The summed E-state index contributed by atoms with van der Waals surface area (Å²) in [6.45, 7) is 0. The summed E-state index contributed by atoms with van der Waals surface area (Å²) in [4.78, 5) is 29.3. The molecule has 0 radical (unpaired) electrons. The van der Waals surface area contributed by atoms with E-state index in [1.54, 1.807) is 73.3 Å². The number of anilines is 1. The van der Waals surface area contributed by atoms with E-state index in [0.29, 0.717) is 16.4 Å². The first kappa shape index (κ1) is 19.8. The van der Waals surface area contributed by atoms with Crippen molar-refractivity contribution in [2.75, 3.05) is 12.4 Å². The van der Waals surface area contributed by atoms with Crippen LogP contribution in [-0.2, 0) is 4.79 Å². The normalized spacial score (nSPS) is 11.0. The molecule has 0 bridgehead atoms. The number of amides is 2. The lowest BCUT2D eigenvalue weighted by Crippen LogP contribution is -2.30. The Morgan fingerprint density at radius 3 is 2.43 bits per heavy atom. The first-order valence-corrected chi connectivity index (χ1v) is 9.86. The molecule has 3 rings (SSSR count). The summed E-state index contributed by atoms with van der Waals surface area (Å²) in [6, 6.07) is 14.0. The quantitative estimate of drug-likeness (QED) is 0.540. The van der Waals surface area contributed by atoms with Crippen LogP contribution < -0.4 is 15.4 Å². The molecule has 1 aromatic heterocycles. The van der Waals surface area contributed by atoms with E-state index in [9.17, 15) is 9.59 Å². The van der Waals surface area contributed by atoms with Crippen molar-refractivity contribution in [3.05, 3.63) is 81.4 Å². The monoisotopic (exact) mass is 457 g/mol. The topological polar surface area (TPSA) is 80.3 Å². The summed E-state index contributed by atoms with van der Waals surface area (Å²) in [5.41, 5.74) is 1.28. The van der Waals surface area contributed by atoms with Crippen molar-refractivity contribution in [3.8, 4) is 5.75 Å². The lowest BCUT2D eigenvalue weighted by atomic mass is 10.1. The van der Waals surface area contributed by atoms with E-state index in [0.717, 1.165) is 10.0 Å².